The molecule has 0 aliphatic rings. The molecule has 0 aliphatic carbocycles. The number of alkyl halides is 1. The Bertz CT molecular complexity index is 354. The van der Waals surface area contributed by atoms with E-state index in [0.717, 1.165) is 0 Å². The number of esters is 1. The normalized spacial score (nSPS) is 10.1. The van der Waals surface area contributed by atoms with Crippen molar-refractivity contribution in [1.29, 1.82) is 0 Å². The van der Waals surface area contributed by atoms with Gasteiger partial charge in [0.25, 0.3) is 0 Å². The summed E-state index contributed by atoms with van der Waals surface area (Å²) in [6.45, 7) is 3.57. The van der Waals surface area contributed by atoms with Crippen molar-refractivity contribution in [2.75, 3.05) is 6.61 Å². The molecular formula is C11H12ClFO2. The van der Waals surface area contributed by atoms with E-state index in [-0.39, 0.29) is 18.1 Å². The first-order valence-electron chi connectivity index (χ1n) is 4.62. The molecule has 0 saturated heterocycles. The zero-order valence-electron chi connectivity index (χ0n) is 8.64. The van der Waals surface area contributed by atoms with E-state index < -0.39 is 11.8 Å². The third-order valence-electron chi connectivity index (χ3n) is 1.98. The molecule has 0 amide bonds. The van der Waals surface area contributed by atoms with Gasteiger partial charge in [0.15, 0.2) is 0 Å². The SMILES string of the molecule is CCOC(=O)c1c(C)cc(CCl)cc1F. The summed E-state index contributed by atoms with van der Waals surface area (Å²) in [5, 5.41) is 0. The second-order valence-corrected chi connectivity index (χ2v) is 3.39. The smallest absolute Gasteiger partial charge is 0.341 e. The highest BCUT2D eigenvalue weighted by Crippen LogP contribution is 2.18. The number of hydrogen-bond donors (Lipinski definition) is 0. The summed E-state index contributed by atoms with van der Waals surface area (Å²) >= 11 is 5.58. The van der Waals surface area contributed by atoms with Crippen molar-refractivity contribution < 1.29 is 13.9 Å². The number of carbonyl (C=O) groups excluding carboxylic acids is 1. The van der Waals surface area contributed by atoms with Gasteiger partial charge >= 0.3 is 5.97 Å². The molecule has 1 aromatic rings. The topological polar surface area (TPSA) is 26.3 Å². The number of hydrogen-bond acceptors (Lipinski definition) is 2. The van der Waals surface area contributed by atoms with E-state index in [1.807, 2.05) is 0 Å². The van der Waals surface area contributed by atoms with Gasteiger partial charge in [-0.2, -0.15) is 0 Å². The second-order valence-electron chi connectivity index (χ2n) is 3.12. The lowest BCUT2D eigenvalue weighted by molar-refractivity contribution is 0.0520. The summed E-state index contributed by atoms with van der Waals surface area (Å²) in [5.74, 6) is -0.987. The van der Waals surface area contributed by atoms with Crippen LogP contribution in [0, 0.1) is 12.7 Å². The van der Waals surface area contributed by atoms with Gasteiger partial charge in [-0.1, -0.05) is 6.07 Å². The lowest BCUT2D eigenvalue weighted by Crippen LogP contribution is -2.10. The first kappa shape index (κ1) is 12.0. The fourth-order valence-corrected chi connectivity index (χ4v) is 1.51. The van der Waals surface area contributed by atoms with Gasteiger partial charge in [0.2, 0.25) is 0 Å². The number of halogens is 2. The summed E-state index contributed by atoms with van der Waals surface area (Å²) in [6.07, 6.45) is 0. The predicted molar refractivity (Wildman–Crippen MR) is 56.7 cm³/mol. The maximum Gasteiger partial charge on any atom is 0.341 e. The van der Waals surface area contributed by atoms with Gasteiger partial charge in [-0.3, -0.25) is 0 Å². The number of ether oxygens (including phenoxy) is 1. The Morgan fingerprint density at radius 1 is 1.53 bits per heavy atom. The van der Waals surface area contributed by atoms with E-state index in [1.54, 1.807) is 19.9 Å². The molecule has 0 heterocycles. The third kappa shape index (κ3) is 2.69. The molecule has 0 aromatic heterocycles. The largest absolute Gasteiger partial charge is 0.462 e. The average molecular weight is 231 g/mol. The Morgan fingerprint density at radius 3 is 2.67 bits per heavy atom. The van der Waals surface area contributed by atoms with Crippen molar-refractivity contribution in [3.8, 4) is 0 Å². The van der Waals surface area contributed by atoms with Gasteiger partial charge in [-0.15, -0.1) is 11.6 Å². The van der Waals surface area contributed by atoms with Crippen molar-refractivity contribution >= 4 is 17.6 Å². The quantitative estimate of drug-likeness (QED) is 0.589. The molecule has 0 radical (unpaired) electrons. The Kier molecular flexibility index (Phi) is 4.09. The zero-order valence-corrected chi connectivity index (χ0v) is 9.40. The van der Waals surface area contributed by atoms with Gasteiger partial charge in [0.1, 0.15) is 5.82 Å². The van der Waals surface area contributed by atoms with Gasteiger partial charge < -0.3 is 4.74 Å². The molecule has 0 aliphatic heterocycles. The summed E-state index contributed by atoms with van der Waals surface area (Å²) < 4.78 is 18.3. The predicted octanol–water partition coefficient (Wildman–Crippen LogP) is 3.05. The highest BCUT2D eigenvalue weighted by molar-refractivity contribution is 6.17. The molecule has 0 atom stereocenters. The van der Waals surface area contributed by atoms with Crippen LogP contribution in [0.5, 0.6) is 0 Å². The number of benzene rings is 1. The molecule has 1 rings (SSSR count). The molecule has 1 aromatic carbocycles. The van der Waals surface area contributed by atoms with Crippen LogP contribution in [0.3, 0.4) is 0 Å². The minimum Gasteiger partial charge on any atom is -0.462 e. The van der Waals surface area contributed by atoms with Crippen LogP contribution in [-0.2, 0) is 10.6 Å². The summed E-state index contributed by atoms with van der Waals surface area (Å²) in [7, 11) is 0. The minimum absolute atomic E-state index is 0.00860. The molecular weight excluding hydrogens is 219 g/mol. The Balaban J connectivity index is 3.13. The highest BCUT2D eigenvalue weighted by Gasteiger charge is 2.16. The maximum absolute atomic E-state index is 13.5. The molecule has 15 heavy (non-hydrogen) atoms. The first-order chi connectivity index (χ1) is 7.10. The summed E-state index contributed by atoms with van der Waals surface area (Å²) in [5.41, 5.74) is 1.19. The molecule has 82 valence electrons. The zero-order chi connectivity index (χ0) is 11.4. The fraction of sp³-hybridized carbons (Fsp3) is 0.364. The van der Waals surface area contributed by atoms with E-state index >= 15 is 0 Å². The Labute approximate surface area is 93.0 Å². The lowest BCUT2D eigenvalue weighted by atomic mass is 10.1. The monoisotopic (exact) mass is 230 g/mol. The van der Waals surface area contributed by atoms with Gasteiger partial charge in [0.05, 0.1) is 12.2 Å². The van der Waals surface area contributed by atoms with Crippen molar-refractivity contribution in [2.24, 2.45) is 0 Å². The Morgan fingerprint density at radius 2 is 2.20 bits per heavy atom. The van der Waals surface area contributed by atoms with Crippen LogP contribution in [0.1, 0.15) is 28.4 Å². The second kappa shape index (κ2) is 5.12. The van der Waals surface area contributed by atoms with E-state index in [1.165, 1.54) is 6.07 Å². The van der Waals surface area contributed by atoms with E-state index in [0.29, 0.717) is 11.1 Å². The average Bonchev–Trinajstić information content (AvgIpc) is 2.16. The van der Waals surface area contributed by atoms with Gasteiger partial charge in [-0.25, -0.2) is 9.18 Å². The van der Waals surface area contributed by atoms with Gasteiger partial charge in [-0.05, 0) is 31.0 Å². The van der Waals surface area contributed by atoms with Crippen LogP contribution in [0.2, 0.25) is 0 Å². The first-order valence-corrected chi connectivity index (χ1v) is 5.15. The number of aryl methyl sites for hydroxylation is 1. The standard InChI is InChI=1S/C11H12ClFO2/c1-3-15-11(14)10-7(2)4-8(6-12)5-9(10)13/h4-5H,3,6H2,1-2H3. The summed E-state index contributed by atoms with van der Waals surface area (Å²) in [4.78, 5) is 11.4. The summed E-state index contributed by atoms with van der Waals surface area (Å²) in [6, 6.07) is 2.94. The van der Waals surface area contributed by atoms with Crippen molar-refractivity contribution in [1.82, 2.24) is 0 Å². The van der Waals surface area contributed by atoms with E-state index in [4.69, 9.17) is 16.3 Å². The fourth-order valence-electron chi connectivity index (χ4n) is 1.35. The molecule has 2 nitrogen and oxygen atoms in total. The minimum atomic E-state index is -0.631. The molecule has 0 fully saturated rings. The van der Waals surface area contributed by atoms with Crippen LogP contribution in [-0.4, -0.2) is 12.6 Å². The van der Waals surface area contributed by atoms with Gasteiger partial charge in [0, 0.05) is 5.88 Å². The molecule has 0 bridgehead atoms. The molecule has 0 unspecified atom stereocenters. The molecule has 4 heteroatoms. The van der Waals surface area contributed by atoms with E-state index in [2.05, 4.69) is 0 Å². The van der Waals surface area contributed by atoms with Crippen molar-refractivity contribution in [2.45, 2.75) is 19.7 Å². The third-order valence-corrected chi connectivity index (χ3v) is 2.29. The Hall–Kier alpha value is -1.09. The number of carbonyl (C=O) groups is 1. The molecule has 0 N–H and O–H groups in total. The maximum atomic E-state index is 13.5. The van der Waals surface area contributed by atoms with Crippen molar-refractivity contribution in [3.05, 3.63) is 34.6 Å². The van der Waals surface area contributed by atoms with Crippen LogP contribution < -0.4 is 0 Å². The van der Waals surface area contributed by atoms with Crippen molar-refractivity contribution in [3.63, 3.8) is 0 Å². The number of rotatable bonds is 3. The highest BCUT2D eigenvalue weighted by atomic mass is 35.5. The van der Waals surface area contributed by atoms with Crippen LogP contribution >= 0.6 is 11.6 Å². The molecule has 0 saturated carbocycles. The molecule has 0 spiro atoms. The lowest BCUT2D eigenvalue weighted by Gasteiger charge is -2.08. The van der Waals surface area contributed by atoms with Crippen LogP contribution in [0.15, 0.2) is 12.1 Å². The van der Waals surface area contributed by atoms with E-state index in [9.17, 15) is 9.18 Å². The van der Waals surface area contributed by atoms with Crippen LogP contribution in [0.4, 0.5) is 4.39 Å². The van der Waals surface area contributed by atoms with Crippen LogP contribution in [0.25, 0.3) is 0 Å².